The fourth-order valence-electron chi connectivity index (χ4n) is 1.42. The Bertz CT molecular complexity index is 196. The smallest absolute Gasteiger partial charge is 0.309 e. The molecule has 0 aliphatic carbocycles. The lowest BCUT2D eigenvalue weighted by atomic mass is 10.2. The molecule has 1 aliphatic rings. The SMILES string of the molecule is CC(CI)C(=O)OCCN1CCNCC1. The molecule has 1 unspecified atom stereocenters. The van der Waals surface area contributed by atoms with E-state index in [9.17, 15) is 4.79 Å². The Labute approximate surface area is 105 Å². The van der Waals surface area contributed by atoms with Gasteiger partial charge in [0, 0.05) is 37.2 Å². The van der Waals surface area contributed by atoms with Crippen LogP contribution in [-0.2, 0) is 9.53 Å². The summed E-state index contributed by atoms with van der Waals surface area (Å²) in [5, 5.41) is 3.29. The van der Waals surface area contributed by atoms with Gasteiger partial charge >= 0.3 is 5.97 Å². The Hall–Kier alpha value is 0.120. The summed E-state index contributed by atoms with van der Waals surface area (Å²) in [6.07, 6.45) is 0. The van der Waals surface area contributed by atoms with E-state index in [1.54, 1.807) is 0 Å². The van der Waals surface area contributed by atoms with Gasteiger partial charge in [0.1, 0.15) is 6.61 Å². The molecule has 0 bridgehead atoms. The topological polar surface area (TPSA) is 41.6 Å². The van der Waals surface area contributed by atoms with Gasteiger partial charge < -0.3 is 10.1 Å². The molecular weight excluding hydrogens is 307 g/mol. The van der Waals surface area contributed by atoms with Gasteiger partial charge in [-0.1, -0.05) is 29.5 Å². The van der Waals surface area contributed by atoms with Gasteiger partial charge in [-0.2, -0.15) is 0 Å². The molecule has 1 heterocycles. The quantitative estimate of drug-likeness (QED) is 0.454. The van der Waals surface area contributed by atoms with Crippen LogP contribution in [0.1, 0.15) is 6.92 Å². The maximum Gasteiger partial charge on any atom is 0.309 e. The summed E-state index contributed by atoms with van der Waals surface area (Å²) in [6, 6.07) is 0. The van der Waals surface area contributed by atoms with Crippen molar-refractivity contribution in [2.45, 2.75) is 6.92 Å². The fourth-order valence-corrected chi connectivity index (χ4v) is 1.77. The molecule has 0 spiro atoms. The Balaban J connectivity index is 2.07. The number of piperazine rings is 1. The van der Waals surface area contributed by atoms with Crippen LogP contribution in [0, 0.1) is 5.92 Å². The minimum atomic E-state index is -0.0699. The number of carbonyl (C=O) groups excluding carboxylic acids is 1. The summed E-state index contributed by atoms with van der Waals surface area (Å²) >= 11 is 2.20. The van der Waals surface area contributed by atoms with Crippen LogP contribution in [0.3, 0.4) is 0 Å². The summed E-state index contributed by atoms with van der Waals surface area (Å²) in [7, 11) is 0. The number of hydrogen-bond acceptors (Lipinski definition) is 4. The van der Waals surface area contributed by atoms with Crippen LogP contribution in [0.25, 0.3) is 0 Å². The van der Waals surface area contributed by atoms with Crippen molar-refractivity contribution in [3.63, 3.8) is 0 Å². The molecule has 0 aromatic rings. The van der Waals surface area contributed by atoms with E-state index in [1.165, 1.54) is 0 Å². The molecule has 1 saturated heterocycles. The van der Waals surface area contributed by atoms with Crippen LogP contribution in [0.5, 0.6) is 0 Å². The highest BCUT2D eigenvalue weighted by Crippen LogP contribution is 2.03. The highest BCUT2D eigenvalue weighted by Gasteiger charge is 2.14. The zero-order valence-electron chi connectivity index (χ0n) is 9.17. The van der Waals surface area contributed by atoms with Crippen LogP contribution in [0.15, 0.2) is 0 Å². The third-order valence-electron chi connectivity index (χ3n) is 2.50. The molecule has 0 aromatic heterocycles. The predicted octanol–water partition coefficient (Wildman–Crippen LogP) is 0.506. The van der Waals surface area contributed by atoms with E-state index < -0.39 is 0 Å². The lowest BCUT2D eigenvalue weighted by Crippen LogP contribution is -2.44. The maximum atomic E-state index is 11.4. The molecule has 1 fully saturated rings. The highest BCUT2D eigenvalue weighted by molar-refractivity contribution is 14.1. The molecule has 15 heavy (non-hydrogen) atoms. The first-order chi connectivity index (χ1) is 7.24. The summed E-state index contributed by atoms with van der Waals surface area (Å²) in [5.74, 6) is -0.0480. The first kappa shape index (κ1) is 13.2. The Morgan fingerprint density at radius 3 is 2.80 bits per heavy atom. The summed E-state index contributed by atoms with van der Waals surface area (Å²) in [5.41, 5.74) is 0. The van der Waals surface area contributed by atoms with Gasteiger partial charge in [0.2, 0.25) is 0 Å². The molecule has 5 heteroatoms. The number of nitrogens with one attached hydrogen (secondary N) is 1. The van der Waals surface area contributed by atoms with Gasteiger partial charge in [-0.05, 0) is 0 Å². The standard InChI is InChI=1S/C10H19IN2O2/c1-9(8-11)10(14)15-7-6-13-4-2-12-3-5-13/h9,12H,2-8H2,1H3. The first-order valence-corrected chi connectivity index (χ1v) is 6.92. The normalized spacial score (nSPS) is 19.9. The number of hydrogen-bond donors (Lipinski definition) is 1. The second-order valence-corrected chi connectivity index (χ2v) is 4.70. The number of halogens is 1. The minimum absolute atomic E-state index is 0.0219. The minimum Gasteiger partial charge on any atom is -0.464 e. The van der Waals surface area contributed by atoms with E-state index in [-0.39, 0.29) is 11.9 Å². The van der Waals surface area contributed by atoms with E-state index >= 15 is 0 Å². The van der Waals surface area contributed by atoms with Crippen molar-refractivity contribution in [1.82, 2.24) is 10.2 Å². The largest absolute Gasteiger partial charge is 0.464 e. The van der Waals surface area contributed by atoms with Crippen molar-refractivity contribution in [2.24, 2.45) is 5.92 Å². The van der Waals surface area contributed by atoms with Gasteiger partial charge in [0.25, 0.3) is 0 Å². The zero-order chi connectivity index (χ0) is 11.1. The van der Waals surface area contributed by atoms with Crippen molar-refractivity contribution in [3.05, 3.63) is 0 Å². The number of carbonyl (C=O) groups is 1. The third kappa shape index (κ3) is 5.12. The predicted molar refractivity (Wildman–Crippen MR) is 68.3 cm³/mol. The lowest BCUT2D eigenvalue weighted by Gasteiger charge is -2.26. The molecular formula is C10H19IN2O2. The maximum absolute atomic E-state index is 11.4. The summed E-state index contributed by atoms with van der Waals surface area (Å²) < 4.78 is 6.02. The molecule has 1 atom stereocenters. The molecule has 1 aliphatic heterocycles. The molecule has 1 rings (SSSR count). The van der Waals surface area contributed by atoms with E-state index in [0.717, 1.165) is 37.2 Å². The van der Waals surface area contributed by atoms with Crippen LogP contribution in [0.4, 0.5) is 0 Å². The van der Waals surface area contributed by atoms with Crippen LogP contribution in [0.2, 0.25) is 0 Å². The molecule has 0 radical (unpaired) electrons. The second-order valence-electron chi connectivity index (χ2n) is 3.81. The van der Waals surface area contributed by atoms with Crippen molar-refractivity contribution in [3.8, 4) is 0 Å². The Morgan fingerprint density at radius 1 is 1.53 bits per heavy atom. The van der Waals surface area contributed by atoms with Crippen LogP contribution >= 0.6 is 22.6 Å². The zero-order valence-corrected chi connectivity index (χ0v) is 11.3. The molecule has 4 nitrogen and oxygen atoms in total. The summed E-state index contributed by atoms with van der Waals surface area (Å²) in [4.78, 5) is 13.7. The average Bonchev–Trinajstić information content (AvgIpc) is 2.29. The average molecular weight is 326 g/mol. The number of rotatable bonds is 5. The van der Waals surface area contributed by atoms with Crippen molar-refractivity contribution >= 4 is 28.6 Å². The molecule has 0 amide bonds. The fraction of sp³-hybridized carbons (Fsp3) is 0.900. The van der Waals surface area contributed by atoms with Crippen LogP contribution in [-0.4, -0.2) is 54.6 Å². The van der Waals surface area contributed by atoms with Gasteiger partial charge in [0.15, 0.2) is 0 Å². The molecule has 0 aromatic carbocycles. The number of alkyl halides is 1. The van der Waals surface area contributed by atoms with Crippen molar-refractivity contribution in [1.29, 1.82) is 0 Å². The third-order valence-corrected chi connectivity index (χ3v) is 3.82. The van der Waals surface area contributed by atoms with Crippen molar-refractivity contribution in [2.75, 3.05) is 43.8 Å². The summed E-state index contributed by atoms with van der Waals surface area (Å²) in [6.45, 7) is 7.48. The lowest BCUT2D eigenvalue weighted by molar-refractivity contribution is -0.147. The monoisotopic (exact) mass is 326 g/mol. The molecule has 1 N–H and O–H groups in total. The second kappa shape index (κ2) is 7.40. The highest BCUT2D eigenvalue weighted by atomic mass is 127. The van der Waals surface area contributed by atoms with Gasteiger partial charge in [-0.25, -0.2) is 0 Å². The number of nitrogens with zero attached hydrogens (tertiary/aromatic N) is 1. The van der Waals surface area contributed by atoms with E-state index in [2.05, 4.69) is 32.8 Å². The van der Waals surface area contributed by atoms with Gasteiger partial charge in [-0.15, -0.1) is 0 Å². The van der Waals surface area contributed by atoms with Crippen molar-refractivity contribution < 1.29 is 9.53 Å². The van der Waals surface area contributed by atoms with E-state index in [0.29, 0.717) is 6.61 Å². The number of ether oxygens (including phenoxy) is 1. The molecule has 0 saturated carbocycles. The first-order valence-electron chi connectivity index (χ1n) is 5.39. The van der Waals surface area contributed by atoms with Gasteiger partial charge in [0.05, 0.1) is 5.92 Å². The van der Waals surface area contributed by atoms with Crippen LogP contribution < -0.4 is 5.32 Å². The Kier molecular flexibility index (Phi) is 6.51. The Morgan fingerprint density at radius 2 is 2.20 bits per heavy atom. The number of esters is 1. The molecule has 88 valence electrons. The van der Waals surface area contributed by atoms with Gasteiger partial charge in [-0.3, -0.25) is 9.69 Å². The van der Waals surface area contributed by atoms with E-state index in [1.807, 2.05) is 6.92 Å². The van der Waals surface area contributed by atoms with E-state index in [4.69, 9.17) is 4.74 Å².